The minimum Gasteiger partial charge on any atom is -0.469 e. The van der Waals surface area contributed by atoms with E-state index >= 15 is 0 Å². The van der Waals surface area contributed by atoms with Gasteiger partial charge in [0.1, 0.15) is 11.2 Å². The molecule has 2 N–H and O–H groups in total. The molecule has 1 heterocycles. The van der Waals surface area contributed by atoms with Gasteiger partial charge in [-0.25, -0.2) is 9.69 Å². The lowest BCUT2D eigenvalue weighted by Gasteiger charge is -2.53. The van der Waals surface area contributed by atoms with Crippen molar-refractivity contribution in [3.8, 4) is 5.75 Å². The van der Waals surface area contributed by atoms with E-state index in [9.17, 15) is 19.0 Å². The topological polar surface area (TPSA) is 95.9 Å². The molecule has 3 rings (SSSR count). The van der Waals surface area contributed by atoms with Crippen LogP contribution in [0.5, 0.6) is 5.75 Å². The Morgan fingerprint density at radius 1 is 1.09 bits per heavy atom. The van der Waals surface area contributed by atoms with E-state index in [0.717, 1.165) is 29.5 Å². The molecule has 1 fully saturated rings. The van der Waals surface area contributed by atoms with Crippen molar-refractivity contribution in [3.05, 3.63) is 65.2 Å². The fraction of sp³-hybridized carbons (Fsp3) is 0.481. The summed E-state index contributed by atoms with van der Waals surface area (Å²) < 4.78 is 17.7. The van der Waals surface area contributed by atoms with Crippen LogP contribution in [-0.4, -0.2) is 28.0 Å². The molecule has 35 heavy (non-hydrogen) atoms. The Hall–Kier alpha value is -2.63. The lowest BCUT2D eigenvalue weighted by Crippen LogP contribution is -2.73. The van der Waals surface area contributed by atoms with Gasteiger partial charge in [-0.15, -0.1) is 0 Å². The van der Waals surface area contributed by atoms with Gasteiger partial charge in [0.2, 0.25) is 5.91 Å². The van der Waals surface area contributed by atoms with Crippen LogP contribution in [0, 0.1) is 12.3 Å². The molecular formula is C27H37N2O5P. The van der Waals surface area contributed by atoms with Crippen LogP contribution in [0.4, 0.5) is 4.79 Å². The van der Waals surface area contributed by atoms with Gasteiger partial charge in [-0.05, 0) is 56.4 Å². The van der Waals surface area contributed by atoms with Gasteiger partial charge in [0.25, 0.3) is 0 Å². The first-order chi connectivity index (χ1) is 16.7. The SMILES string of the molecule is CCC[C@@H](NC(=O)N1C(=O)C(CC)(CC)[C@@H]1Oc1ccc(C(C)[PH](=O)O)cc1)c1ccc(C)cc1. The Bertz CT molecular complexity index is 1050. The van der Waals surface area contributed by atoms with Crippen LogP contribution in [-0.2, 0) is 9.36 Å². The van der Waals surface area contributed by atoms with Gasteiger partial charge in [0.15, 0.2) is 14.3 Å². The Balaban J connectivity index is 1.82. The molecule has 2 unspecified atom stereocenters. The Morgan fingerprint density at radius 3 is 2.17 bits per heavy atom. The fourth-order valence-corrected chi connectivity index (χ4v) is 5.11. The molecule has 0 radical (unpaired) electrons. The highest BCUT2D eigenvalue weighted by atomic mass is 31.1. The van der Waals surface area contributed by atoms with Crippen molar-refractivity contribution in [2.45, 2.75) is 78.2 Å². The Kier molecular flexibility index (Phi) is 8.79. The molecule has 1 saturated heterocycles. The summed E-state index contributed by atoms with van der Waals surface area (Å²) in [7, 11) is -2.68. The number of nitrogens with zero attached hydrogens (tertiary/aromatic N) is 1. The summed E-state index contributed by atoms with van der Waals surface area (Å²) in [6, 6.07) is 14.3. The van der Waals surface area contributed by atoms with E-state index in [2.05, 4.69) is 12.2 Å². The van der Waals surface area contributed by atoms with Crippen molar-refractivity contribution in [1.82, 2.24) is 10.2 Å². The number of carbonyl (C=O) groups excluding carboxylic acids is 2. The summed E-state index contributed by atoms with van der Waals surface area (Å²) in [4.78, 5) is 37.2. The predicted octanol–water partition coefficient (Wildman–Crippen LogP) is 6.13. The number of aryl methyl sites for hydroxylation is 1. The number of ether oxygens (including phenoxy) is 1. The number of urea groups is 1. The molecule has 3 amide bonds. The number of amides is 3. The van der Waals surface area contributed by atoms with Crippen LogP contribution < -0.4 is 10.1 Å². The molecule has 0 bridgehead atoms. The molecule has 4 atom stereocenters. The van der Waals surface area contributed by atoms with E-state index in [1.165, 1.54) is 4.90 Å². The third-order valence-electron chi connectivity index (χ3n) is 7.19. The molecule has 0 aromatic heterocycles. The highest BCUT2D eigenvalue weighted by molar-refractivity contribution is 7.38. The monoisotopic (exact) mass is 500 g/mol. The second-order valence-electron chi connectivity index (χ2n) is 9.34. The maximum Gasteiger partial charge on any atom is 0.327 e. The number of benzene rings is 2. The van der Waals surface area contributed by atoms with E-state index < -0.39 is 31.4 Å². The van der Waals surface area contributed by atoms with E-state index in [1.807, 2.05) is 45.0 Å². The van der Waals surface area contributed by atoms with Crippen molar-refractivity contribution in [2.75, 3.05) is 0 Å². The minimum absolute atomic E-state index is 0.206. The summed E-state index contributed by atoms with van der Waals surface area (Å²) in [6.45, 7) is 9.65. The normalized spacial score (nSPS) is 19.4. The van der Waals surface area contributed by atoms with E-state index in [1.54, 1.807) is 31.2 Å². The van der Waals surface area contributed by atoms with Gasteiger partial charge in [0, 0.05) is 0 Å². The molecule has 1 aliphatic heterocycles. The second kappa shape index (κ2) is 11.4. The standard InChI is InChI=1S/C27H37N2O5P/c1-6-9-23(21-12-10-18(4)11-13-21)28-26(31)29-24(30)27(7-2,8-3)25(29)34-22-16-14-20(15-17-22)19(5)35(32)33/h10-17,19,23,25,35H,6-9H2,1-5H3,(H,28,31)(H,32,33)/t19?,23-,25+/m1/s1. The fourth-order valence-electron chi connectivity index (χ4n) is 4.63. The largest absolute Gasteiger partial charge is 0.469 e. The van der Waals surface area contributed by atoms with E-state index in [0.29, 0.717) is 18.6 Å². The number of carbonyl (C=O) groups is 2. The van der Waals surface area contributed by atoms with Crippen LogP contribution in [0.2, 0.25) is 0 Å². The zero-order chi connectivity index (χ0) is 25.8. The maximum atomic E-state index is 13.4. The number of nitrogens with one attached hydrogen (secondary N) is 1. The van der Waals surface area contributed by atoms with Gasteiger partial charge in [-0.1, -0.05) is 69.2 Å². The van der Waals surface area contributed by atoms with Gasteiger partial charge in [-0.3, -0.25) is 9.36 Å². The van der Waals surface area contributed by atoms with Crippen molar-refractivity contribution in [1.29, 1.82) is 0 Å². The van der Waals surface area contributed by atoms with Crippen LogP contribution in [0.1, 0.15) is 81.8 Å². The highest BCUT2D eigenvalue weighted by Crippen LogP contribution is 2.46. The van der Waals surface area contributed by atoms with Crippen LogP contribution in [0.15, 0.2) is 48.5 Å². The van der Waals surface area contributed by atoms with Gasteiger partial charge >= 0.3 is 6.03 Å². The quantitative estimate of drug-likeness (QED) is 0.302. The molecule has 190 valence electrons. The zero-order valence-electron chi connectivity index (χ0n) is 21.2. The summed E-state index contributed by atoms with van der Waals surface area (Å²) in [5, 5.41) is 3.05. The van der Waals surface area contributed by atoms with Gasteiger partial charge in [0.05, 0.1) is 11.7 Å². The third kappa shape index (κ3) is 5.46. The summed E-state index contributed by atoms with van der Waals surface area (Å²) in [5.74, 6) is 0.275. The molecular weight excluding hydrogens is 463 g/mol. The average molecular weight is 501 g/mol. The van der Waals surface area contributed by atoms with Crippen molar-refractivity contribution >= 4 is 20.0 Å². The Labute approximate surface area is 208 Å². The number of imide groups is 1. The molecule has 0 saturated carbocycles. The van der Waals surface area contributed by atoms with Gasteiger partial charge < -0.3 is 14.9 Å². The summed E-state index contributed by atoms with van der Waals surface area (Å²) >= 11 is 0. The minimum atomic E-state index is -2.68. The first-order valence-corrected chi connectivity index (χ1v) is 13.8. The number of rotatable bonds is 10. The van der Waals surface area contributed by atoms with Crippen LogP contribution in [0.3, 0.4) is 0 Å². The lowest BCUT2D eigenvalue weighted by molar-refractivity contribution is -0.191. The third-order valence-corrected chi connectivity index (χ3v) is 8.26. The molecule has 0 aliphatic carbocycles. The predicted molar refractivity (Wildman–Crippen MR) is 138 cm³/mol. The van der Waals surface area contributed by atoms with Crippen LogP contribution >= 0.6 is 8.03 Å². The number of likely N-dealkylation sites (tertiary alicyclic amines) is 1. The molecule has 1 aliphatic rings. The van der Waals surface area contributed by atoms with E-state index in [-0.39, 0.29) is 11.9 Å². The smallest absolute Gasteiger partial charge is 0.327 e. The molecule has 8 heteroatoms. The van der Waals surface area contributed by atoms with Crippen molar-refractivity contribution < 1.29 is 23.8 Å². The van der Waals surface area contributed by atoms with Crippen molar-refractivity contribution in [2.24, 2.45) is 5.41 Å². The number of hydrogen-bond donors (Lipinski definition) is 2. The molecule has 2 aromatic rings. The van der Waals surface area contributed by atoms with Gasteiger partial charge in [-0.2, -0.15) is 0 Å². The number of hydrogen-bond acceptors (Lipinski definition) is 4. The molecule has 0 spiro atoms. The maximum absolute atomic E-state index is 13.4. The highest BCUT2D eigenvalue weighted by Gasteiger charge is 2.63. The van der Waals surface area contributed by atoms with Crippen molar-refractivity contribution in [3.63, 3.8) is 0 Å². The molecule has 2 aromatic carbocycles. The first-order valence-electron chi connectivity index (χ1n) is 12.4. The lowest BCUT2D eigenvalue weighted by atomic mass is 9.72. The summed E-state index contributed by atoms with van der Waals surface area (Å²) in [5.41, 5.74) is 1.65. The first kappa shape index (κ1) is 27.0. The summed E-state index contributed by atoms with van der Waals surface area (Å²) in [6.07, 6.45) is 2.00. The van der Waals surface area contributed by atoms with Crippen LogP contribution in [0.25, 0.3) is 0 Å². The van der Waals surface area contributed by atoms with E-state index in [4.69, 9.17) is 4.74 Å². The molecule has 7 nitrogen and oxygen atoms in total. The average Bonchev–Trinajstić information content (AvgIpc) is 2.85. The second-order valence-corrected chi connectivity index (χ2v) is 10.9. The zero-order valence-corrected chi connectivity index (χ0v) is 22.2. The number of β-lactam (4-membered cyclic amide) rings is 1. The Morgan fingerprint density at radius 2 is 1.66 bits per heavy atom.